The molecule has 2 aliphatic heterocycles. The van der Waals surface area contributed by atoms with Crippen molar-refractivity contribution < 1.29 is 4.79 Å². The predicted octanol–water partition coefficient (Wildman–Crippen LogP) is 4.35. The van der Waals surface area contributed by atoms with Crippen molar-refractivity contribution in [2.45, 2.75) is 48.3 Å². The minimum absolute atomic E-state index is 0.0262. The van der Waals surface area contributed by atoms with Crippen LogP contribution in [-0.2, 0) is 4.79 Å². The summed E-state index contributed by atoms with van der Waals surface area (Å²) in [6, 6.07) is 16.5. The summed E-state index contributed by atoms with van der Waals surface area (Å²) in [5, 5.41) is 7.44. The maximum atomic E-state index is 13.6. The summed E-state index contributed by atoms with van der Waals surface area (Å²) in [6.45, 7) is 4.28. The molecule has 2 aromatic rings. The van der Waals surface area contributed by atoms with Gasteiger partial charge < -0.3 is 20.4 Å². The van der Waals surface area contributed by atoms with Crippen molar-refractivity contribution >= 4 is 29.2 Å². The lowest BCUT2D eigenvalue weighted by Crippen LogP contribution is -2.42. The molecule has 0 spiro atoms. The lowest BCUT2D eigenvalue weighted by atomic mass is 10.0. The Morgan fingerprint density at radius 3 is 2.53 bits per heavy atom. The number of hydrogen-bond donors (Lipinski definition) is 2. The second kappa shape index (κ2) is 11.4. The smallest absolute Gasteiger partial charge is 0.245 e. The molecule has 1 saturated heterocycles. The summed E-state index contributed by atoms with van der Waals surface area (Å²) < 4.78 is 0. The summed E-state index contributed by atoms with van der Waals surface area (Å²) in [7, 11) is 4.37. The van der Waals surface area contributed by atoms with Gasteiger partial charge in [0.25, 0.3) is 0 Å². The van der Waals surface area contributed by atoms with Crippen LogP contribution in [0.25, 0.3) is 0 Å². The van der Waals surface area contributed by atoms with Gasteiger partial charge in [0.15, 0.2) is 0 Å². The zero-order valence-electron chi connectivity index (χ0n) is 20.4. The van der Waals surface area contributed by atoms with Crippen molar-refractivity contribution in [2.75, 3.05) is 45.2 Å². The van der Waals surface area contributed by atoms with E-state index in [-0.39, 0.29) is 17.0 Å². The number of carbonyl (C=O) groups is 1. The molecule has 7 heteroatoms. The highest BCUT2D eigenvalue weighted by Crippen LogP contribution is 2.46. The summed E-state index contributed by atoms with van der Waals surface area (Å²) in [4.78, 5) is 21.6. The number of carbonyl (C=O) groups excluding carboxylic acids is 1. The zero-order chi connectivity index (χ0) is 24.1. The van der Waals surface area contributed by atoms with E-state index in [0.717, 1.165) is 48.1 Å². The summed E-state index contributed by atoms with van der Waals surface area (Å²) in [5.41, 5.74) is 8.27. The molecule has 2 heterocycles. The highest BCUT2D eigenvalue weighted by Gasteiger charge is 2.34. The topological polar surface area (TPSA) is 76.7 Å². The Kier molecular flexibility index (Phi) is 8.29. The lowest BCUT2D eigenvalue weighted by Gasteiger charge is -2.35. The number of amides is 1. The number of piperidine rings is 1. The Balaban J connectivity index is 1.35. The van der Waals surface area contributed by atoms with Gasteiger partial charge in [-0.2, -0.15) is 0 Å². The van der Waals surface area contributed by atoms with Crippen molar-refractivity contribution in [3.8, 4) is 0 Å². The minimum Gasteiger partial charge on any atom is -0.384 e. The van der Waals surface area contributed by atoms with Gasteiger partial charge in [-0.1, -0.05) is 36.8 Å². The molecule has 1 unspecified atom stereocenters. The van der Waals surface area contributed by atoms with Crippen LogP contribution in [0.1, 0.15) is 48.5 Å². The van der Waals surface area contributed by atoms with Crippen molar-refractivity contribution in [1.82, 2.24) is 9.80 Å². The number of nitrogen functional groups attached to an aromatic ring is 1. The van der Waals surface area contributed by atoms with E-state index in [1.807, 2.05) is 41.3 Å². The second-order valence-corrected chi connectivity index (χ2v) is 10.7. The fourth-order valence-electron chi connectivity index (χ4n) is 4.97. The Hall–Kier alpha value is -2.35. The maximum absolute atomic E-state index is 13.6. The summed E-state index contributed by atoms with van der Waals surface area (Å²) in [5.74, 6) is 0.147. The van der Waals surface area contributed by atoms with E-state index in [0.29, 0.717) is 5.56 Å². The average molecular weight is 480 g/mol. The highest BCUT2D eigenvalue weighted by molar-refractivity contribution is 8.00. The number of nitrogens with zero attached hydrogens (tertiary/aromatic N) is 3. The fourth-order valence-corrected chi connectivity index (χ4v) is 6.19. The number of amidine groups is 1. The Morgan fingerprint density at radius 1 is 1.06 bits per heavy atom. The van der Waals surface area contributed by atoms with Gasteiger partial charge in [-0.3, -0.25) is 10.2 Å². The first kappa shape index (κ1) is 24.8. The first-order valence-electron chi connectivity index (χ1n) is 12.3. The lowest BCUT2D eigenvalue weighted by molar-refractivity contribution is -0.118. The standard InChI is InChI=1S/C27H37N5OS/c1-30(2)22-13-17-31(18-14-22)15-6-3-7-16-32-23-11-4-5-12-24(23)34-25(27(32)33)20-9-8-10-21(19-20)26(28)29/h4-5,8-12,19,22,25H,3,6-7,13-18H2,1-2H3,(H3,28,29). The van der Waals surface area contributed by atoms with Crippen LogP contribution in [0.2, 0.25) is 0 Å². The van der Waals surface area contributed by atoms with E-state index in [1.54, 1.807) is 11.8 Å². The van der Waals surface area contributed by atoms with Crippen molar-refractivity contribution in [3.05, 3.63) is 59.7 Å². The number of rotatable bonds is 9. The van der Waals surface area contributed by atoms with Gasteiger partial charge in [-0.15, -0.1) is 11.8 Å². The van der Waals surface area contributed by atoms with Gasteiger partial charge in [0, 0.05) is 23.0 Å². The number of anilines is 1. The molecular formula is C27H37N5OS. The summed E-state index contributed by atoms with van der Waals surface area (Å²) in [6.07, 6.45) is 5.82. The van der Waals surface area contributed by atoms with Crippen molar-refractivity contribution in [2.24, 2.45) is 5.73 Å². The van der Waals surface area contributed by atoms with E-state index in [2.05, 4.69) is 36.0 Å². The number of nitrogens with two attached hydrogens (primary N) is 1. The van der Waals surface area contributed by atoms with Gasteiger partial charge in [0.05, 0.1) is 5.69 Å². The van der Waals surface area contributed by atoms with E-state index in [1.165, 1.54) is 32.4 Å². The minimum atomic E-state index is -0.313. The van der Waals surface area contributed by atoms with Crippen molar-refractivity contribution in [1.29, 1.82) is 5.41 Å². The number of nitrogens with one attached hydrogen (secondary N) is 1. The van der Waals surface area contributed by atoms with Crippen LogP contribution in [0.3, 0.4) is 0 Å². The van der Waals surface area contributed by atoms with E-state index in [4.69, 9.17) is 11.1 Å². The zero-order valence-corrected chi connectivity index (χ0v) is 21.2. The first-order valence-corrected chi connectivity index (χ1v) is 13.2. The van der Waals surface area contributed by atoms with Crippen LogP contribution in [0.5, 0.6) is 0 Å². The molecule has 182 valence electrons. The van der Waals surface area contributed by atoms with Gasteiger partial charge in [-0.25, -0.2) is 0 Å². The molecule has 34 heavy (non-hydrogen) atoms. The van der Waals surface area contributed by atoms with Gasteiger partial charge in [0.2, 0.25) is 5.91 Å². The van der Waals surface area contributed by atoms with Crippen LogP contribution < -0.4 is 10.6 Å². The third kappa shape index (κ3) is 5.82. The normalized spacial score (nSPS) is 19.4. The second-order valence-electron chi connectivity index (χ2n) is 9.59. The average Bonchev–Trinajstić information content (AvgIpc) is 2.85. The molecular weight excluding hydrogens is 442 g/mol. The molecule has 1 atom stereocenters. The molecule has 0 aromatic heterocycles. The first-order chi connectivity index (χ1) is 16.4. The quantitative estimate of drug-likeness (QED) is 0.318. The molecule has 3 N–H and O–H groups in total. The fraction of sp³-hybridized carbons (Fsp3) is 0.481. The molecule has 0 saturated carbocycles. The molecule has 2 aromatic carbocycles. The molecule has 0 radical (unpaired) electrons. The molecule has 0 aliphatic carbocycles. The van der Waals surface area contributed by atoms with Crippen LogP contribution in [0.4, 0.5) is 5.69 Å². The summed E-state index contributed by atoms with van der Waals surface area (Å²) >= 11 is 1.59. The molecule has 1 fully saturated rings. The van der Waals surface area contributed by atoms with Crippen molar-refractivity contribution in [3.63, 3.8) is 0 Å². The molecule has 4 rings (SSSR count). The number of likely N-dealkylation sites (tertiary alicyclic amines) is 1. The highest BCUT2D eigenvalue weighted by atomic mass is 32.2. The number of unbranched alkanes of at least 4 members (excludes halogenated alkanes) is 2. The largest absolute Gasteiger partial charge is 0.384 e. The van der Waals surface area contributed by atoms with Gasteiger partial charge in [0.1, 0.15) is 11.1 Å². The third-order valence-electron chi connectivity index (χ3n) is 7.04. The van der Waals surface area contributed by atoms with E-state index >= 15 is 0 Å². The number of benzene rings is 2. The van der Waals surface area contributed by atoms with Crippen LogP contribution in [-0.4, -0.2) is 67.9 Å². The monoisotopic (exact) mass is 479 g/mol. The molecule has 6 nitrogen and oxygen atoms in total. The molecule has 0 bridgehead atoms. The predicted molar refractivity (Wildman–Crippen MR) is 142 cm³/mol. The number of para-hydroxylation sites is 1. The number of thioether (sulfide) groups is 1. The Morgan fingerprint density at radius 2 is 1.79 bits per heavy atom. The maximum Gasteiger partial charge on any atom is 0.245 e. The SMILES string of the molecule is CN(C)C1CCN(CCCCCN2C(=O)C(c3cccc(C(=N)N)c3)Sc3ccccc32)CC1. The Bertz CT molecular complexity index is 1000. The van der Waals surface area contributed by atoms with E-state index < -0.39 is 0 Å². The number of hydrogen-bond acceptors (Lipinski definition) is 5. The van der Waals surface area contributed by atoms with Gasteiger partial charge >= 0.3 is 0 Å². The van der Waals surface area contributed by atoms with Crippen LogP contribution in [0.15, 0.2) is 53.4 Å². The third-order valence-corrected chi connectivity index (χ3v) is 8.34. The van der Waals surface area contributed by atoms with Crippen LogP contribution >= 0.6 is 11.8 Å². The molecule has 2 aliphatic rings. The number of fused-ring (bicyclic) bond motifs is 1. The molecule has 1 amide bonds. The van der Waals surface area contributed by atoms with Crippen LogP contribution in [0, 0.1) is 5.41 Å². The van der Waals surface area contributed by atoms with Gasteiger partial charge in [-0.05, 0) is 83.2 Å². The van der Waals surface area contributed by atoms with E-state index in [9.17, 15) is 4.79 Å². The Labute approximate surface area is 208 Å².